The van der Waals surface area contributed by atoms with Crippen LogP contribution in [0.1, 0.15) is 60.4 Å². The molecule has 0 spiro atoms. The predicted molar refractivity (Wildman–Crippen MR) is 101 cm³/mol. The van der Waals surface area contributed by atoms with Crippen LogP contribution in [0.15, 0.2) is 34.9 Å². The zero-order valence-corrected chi connectivity index (χ0v) is 15.8. The van der Waals surface area contributed by atoms with Crippen molar-refractivity contribution in [3.05, 3.63) is 53.2 Å². The molecule has 2 heterocycles. The number of carboxylic acid groups (broad SMARTS) is 1. The number of nitrogens with one attached hydrogen (secondary N) is 1. The number of hydrogen-bond donors (Lipinski definition) is 2. The lowest BCUT2D eigenvalue weighted by Gasteiger charge is -2.19. The van der Waals surface area contributed by atoms with Crippen LogP contribution in [0.2, 0.25) is 0 Å². The van der Waals surface area contributed by atoms with Gasteiger partial charge in [-0.15, -0.1) is 0 Å². The molecule has 27 heavy (non-hydrogen) atoms. The minimum atomic E-state index is -1.05. The number of carbonyl (C=O) groups is 2. The minimum absolute atomic E-state index is 0.155. The molecule has 7 nitrogen and oxygen atoms in total. The number of benzene rings is 1. The van der Waals surface area contributed by atoms with Gasteiger partial charge in [-0.3, -0.25) is 9.59 Å². The largest absolute Gasteiger partial charge is 0.481 e. The van der Waals surface area contributed by atoms with Crippen LogP contribution in [0.5, 0.6) is 0 Å². The Labute approximate surface area is 157 Å². The fourth-order valence-corrected chi connectivity index (χ4v) is 3.32. The maximum Gasteiger partial charge on any atom is 0.311 e. The molecule has 7 heteroatoms. The average molecular weight is 369 g/mol. The highest BCUT2D eigenvalue weighted by atomic mass is 16.4. The summed E-state index contributed by atoms with van der Waals surface area (Å²) in [5, 5.41) is 11.9. The maximum atomic E-state index is 12.8. The second-order valence-electron chi connectivity index (χ2n) is 6.91. The van der Waals surface area contributed by atoms with Crippen molar-refractivity contribution >= 4 is 22.9 Å². The normalized spacial score (nSPS) is 12.5. The fraction of sp³-hybridized carbons (Fsp3) is 0.350. The molecule has 1 atom stereocenters. The number of imidazole rings is 1. The number of furan rings is 1. The summed E-state index contributed by atoms with van der Waals surface area (Å²) in [5.41, 5.74) is 2.76. The van der Waals surface area contributed by atoms with Crippen molar-refractivity contribution in [3.63, 3.8) is 0 Å². The molecule has 3 aromatic rings. The molecule has 1 amide bonds. The van der Waals surface area contributed by atoms with Crippen molar-refractivity contribution in [2.75, 3.05) is 0 Å². The van der Waals surface area contributed by atoms with Crippen LogP contribution in [0.4, 0.5) is 0 Å². The van der Waals surface area contributed by atoms with Crippen molar-refractivity contribution in [2.24, 2.45) is 0 Å². The fourth-order valence-electron chi connectivity index (χ4n) is 3.32. The molecule has 1 unspecified atom stereocenters. The number of carbonyl (C=O) groups excluding carboxylic acids is 1. The number of hydrogen-bond acceptors (Lipinski definition) is 4. The van der Waals surface area contributed by atoms with Gasteiger partial charge in [-0.05, 0) is 39.8 Å². The van der Waals surface area contributed by atoms with Crippen molar-refractivity contribution in [1.82, 2.24) is 14.9 Å². The van der Waals surface area contributed by atoms with E-state index in [1.165, 1.54) is 6.26 Å². The third kappa shape index (κ3) is 3.58. The molecule has 0 aliphatic rings. The molecule has 142 valence electrons. The Morgan fingerprint density at radius 1 is 1.26 bits per heavy atom. The van der Waals surface area contributed by atoms with Crippen LogP contribution in [0, 0.1) is 6.92 Å². The lowest BCUT2D eigenvalue weighted by atomic mass is 10.1. The van der Waals surface area contributed by atoms with Crippen LogP contribution < -0.4 is 5.32 Å². The van der Waals surface area contributed by atoms with Crippen LogP contribution in [0.3, 0.4) is 0 Å². The van der Waals surface area contributed by atoms with E-state index in [0.29, 0.717) is 5.56 Å². The average Bonchev–Trinajstić information content (AvgIpc) is 3.15. The number of aromatic nitrogens is 2. The molecular formula is C20H23N3O4. The van der Waals surface area contributed by atoms with Gasteiger partial charge in [0.25, 0.3) is 5.91 Å². The zero-order chi connectivity index (χ0) is 19.7. The summed E-state index contributed by atoms with van der Waals surface area (Å²) in [6, 6.07) is 7.65. The number of nitrogens with zero attached hydrogens (tertiary/aromatic N) is 2. The lowest BCUT2D eigenvalue weighted by Crippen LogP contribution is -2.30. The smallest absolute Gasteiger partial charge is 0.311 e. The first-order chi connectivity index (χ1) is 12.8. The van der Waals surface area contributed by atoms with E-state index in [1.54, 1.807) is 6.92 Å². The van der Waals surface area contributed by atoms with Gasteiger partial charge in [0.1, 0.15) is 18.0 Å². The summed E-state index contributed by atoms with van der Waals surface area (Å²) in [7, 11) is 0. The standard InChI is InChI=1S/C20H23N3O4/c1-11(2)23-15-8-6-5-7-14(15)22-19(23)13(4)21-20(26)18-12(3)10-27-16(18)9-17(24)25/h5-8,10-11,13H,9H2,1-4H3,(H,21,26)(H,24,25). The van der Waals surface area contributed by atoms with Gasteiger partial charge in [-0.2, -0.15) is 0 Å². The molecular weight excluding hydrogens is 346 g/mol. The summed E-state index contributed by atoms with van der Waals surface area (Å²) in [6.07, 6.45) is 1.07. The monoisotopic (exact) mass is 369 g/mol. The van der Waals surface area contributed by atoms with Gasteiger partial charge in [0, 0.05) is 11.6 Å². The Hall–Kier alpha value is -3.09. The van der Waals surface area contributed by atoms with Gasteiger partial charge in [-0.1, -0.05) is 12.1 Å². The Morgan fingerprint density at radius 2 is 1.96 bits per heavy atom. The van der Waals surface area contributed by atoms with E-state index in [4.69, 9.17) is 14.5 Å². The van der Waals surface area contributed by atoms with Gasteiger partial charge in [-0.25, -0.2) is 4.98 Å². The lowest BCUT2D eigenvalue weighted by molar-refractivity contribution is -0.136. The molecule has 3 rings (SSSR count). The van der Waals surface area contributed by atoms with E-state index in [-0.39, 0.29) is 35.7 Å². The highest BCUT2D eigenvalue weighted by Crippen LogP contribution is 2.26. The van der Waals surface area contributed by atoms with Gasteiger partial charge < -0.3 is 19.4 Å². The number of rotatable bonds is 6. The molecule has 0 bridgehead atoms. The topological polar surface area (TPSA) is 97.4 Å². The Balaban J connectivity index is 1.92. The first-order valence-electron chi connectivity index (χ1n) is 8.86. The van der Waals surface area contributed by atoms with E-state index in [0.717, 1.165) is 16.9 Å². The van der Waals surface area contributed by atoms with E-state index >= 15 is 0 Å². The van der Waals surface area contributed by atoms with Gasteiger partial charge in [0.2, 0.25) is 0 Å². The minimum Gasteiger partial charge on any atom is -0.481 e. The van der Waals surface area contributed by atoms with Crippen molar-refractivity contribution in [2.45, 2.75) is 46.2 Å². The van der Waals surface area contributed by atoms with Crippen molar-refractivity contribution in [1.29, 1.82) is 0 Å². The molecule has 0 aliphatic carbocycles. The van der Waals surface area contributed by atoms with Gasteiger partial charge in [0.05, 0.1) is 28.9 Å². The third-order valence-corrected chi connectivity index (χ3v) is 4.46. The van der Waals surface area contributed by atoms with Gasteiger partial charge in [0.15, 0.2) is 0 Å². The first kappa shape index (κ1) is 18.7. The highest BCUT2D eigenvalue weighted by molar-refractivity contribution is 5.97. The molecule has 0 fully saturated rings. The predicted octanol–water partition coefficient (Wildman–Crippen LogP) is 3.64. The summed E-state index contributed by atoms with van der Waals surface area (Å²) < 4.78 is 7.36. The second kappa shape index (κ2) is 7.26. The van der Waals surface area contributed by atoms with E-state index < -0.39 is 5.97 Å². The van der Waals surface area contributed by atoms with Crippen LogP contribution in [-0.4, -0.2) is 26.5 Å². The van der Waals surface area contributed by atoms with Crippen molar-refractivity contribution < 1.29 is 19.1 Å². The molecule has 0 radical (unpaired) electrons. The molecule has 0 aliphatic heterocycles. The Bertz CT molecular complexity index is 1000. The number of amides is 1. The highest BCUT2D eigenvalue weighted by Gasteiger charge is 2.24. The molecule has 1 aromatic carbocycles. The second-order valence-corrected chi connectivity index (χ2v) is 6.91. The zero-order valence-electron chi connectivity index (χ0n) is 15.8. The molecule has 2 aromatic heterocycles. The van der Waals surface area contributed by atoms with E-state index in [9.17, 15) is 9.59 Å². The van der Waals surface area contributed by atoms with Crippen LogP contribution >= 0.6 is 0 Å². The number of carboxylic acids is 1. The van der Waals surface area contributed by atoms with Crippen LogP contribution in [-0.2, 0) is 11.2 Å². The summed E-state index contributed by atoms with van der Waals surface area (Å²) in [5.74, 6) is -0.511. The maximum absolute atomic E-state index is 12.8. The first-order valence-corrected chi connectivity index (χ1v) is 8.86. The number of aliphatic carboxylic acids is 1. The molecule has 2 N–H and O–H groups in total. The number of fused-ring (bicyclic) bond motifs is 1. The molecule has 0 saturated carbocycles. The third-order valence-electron chi connectivity index (χ3n) is 4.46. The van der Waals surface area contributed by atoms with Crippen molar-refractivity contribution in [3.8, 4) is 0 Å². The van der Waals surface area contributed by atoms with Crippen LogP contribution in [0.25, 0.3) is 11.0 Å². The summed E-state index contributed by atoms with van der Waals surface area (Å²) in [4.78, 5) is 28.5. The van der Waals surface area contributed by atoms with E-state index in [2.05, 4.69) is 23.7 Å². The summed E-state index contributed by atoms with van der Waals surface area (Å²) in [6.45, 7) is 7.72. The van der Waals surface area contributed by atoms with E-state index in [1.807, 2.05) is 31.2 Å². The summed E-state index contributed by atoms with van der Waals surface area (Å²) >= 11 is 0. The Morgan fingerprint density at radius 3 is 2.63 bits per heavy atom. The number of aryl methyl sites for hydroxylation is 1. The van der Waals surface area contributed by atoms with Gasteiger partial charge >= 0.3 is 5.97 Å². The SMILES string of the molecule is Cc1coc(CC(=O)O)c1C(=O)NC(C)c1nc2ccccc2n1C(C)C. The molecule has 0 saturated heterocycles. The Kier molecular flexibility index (Phi) is 5.03. The quantitative estimate of drug-likeness (QED) is 0.691. The number of para-hydroxylation sites is 2.